The number of hydrogen-bond donors (Lipinski definition) is 0. The van der Waals surface area contributed by atoms with Crippen LogP contribution in [0.25, 0.3) is 0 Å². The zero-order valence-electron chi connectivity index (χ0n) is 26.1. The van der Waals surface area contributed by atoms with E-state index in [1.807, 2.05) is 0 Å². The van der Waals surface area contributed by atoms with Gasteiger partial charge in [0.2, 0.25) is 0 Å². The van der Waals surface area contributed by atoms with Crippen LogP contribution in [0.4, 0.5) is 0 Å². The van der Waals surface area contributed by atoms with E-state index < -0.39 is 0 Å². The zero-order valence-corrected chi connectivity index (χ0v) is 26.1. The van der Waals surface area contributed by atoms with Gasteiger partial charge in [-0.15, -0.1) is 0 Å². The monoisotopic (exact) mass is 517 g/mol. The number of hydrazine groups is 1. The van der Waals surface area contributed by atoms with E-state index in [4.69, 9.17) is 0 Å². The van der Waals surface area contributed by atoms with Gasteiger partial charge in [0.15, 0.2) is 0 Å². The summed E-state index contributed by atoms with van der Waals surface area (Å²) in [7, 11) is 2.57. The third-order valence-corrected chi connectivity index (χ3v) is 11.0. The van der Waals surface area contributed by atoms with Crippen molar-refractivity contribution in [2.75, 3.05) is 7.05 Å². The van der Waals surface area contributed by atoms with Gasteiger partial charge in [0.05, 0.1) is 0 Å². The third-order valence-electron chi connectivity index (χ3n) is 11.0. The Kier molecular flexibility index (Phi) is 14.9. The van der Waals surface area contributed by atoms with Crippen LogP contribution >= 0.6 is 0 Å². The van der Waals surface area contributed by atoms with Crippen LogP contribution in [0.15, 0.2) is 0 Å². The van der Waals surface area contributed by atoms with Crippen molar-refractivity contribution < 1.29 is 0 Å². The summed E-state index contributed by atoms with van der Waals surface area (Å²) in [5, 5.41) is 6.03. The van der Waals surface area contributed by atoms with Gasteiger partial charge in [0, 0.05) is 24.7 Å². The van der Waals surface area contributed by atoms with Crippen LogP contribution in [-0.4, -0.2) is 34.7 Å². The lowest BCUT2D eigenvalue weighted by Gasteiger charge is -2.46. The van der Waals surface area contributed by atoms with Crippen molar-refractivity contribution >= 4 is 0 Å². The Morgan fingerprint density at radius 1 is 0.595 bits per heavy atom. The largest absolute Gasteiger partial charge is 0.240 e. The fourth-order valence-electron chi connectivity index (χ4n) is 8.92. The number of unbranched alkanes of at least 4 members (excludes halogenated alkanes) is 2. The van der Waals surface area contributed by atoms with Gasteiger partial charge in [0.1, 0.15) is 0 Å². The van der Waals surface area contributed by atoms with Gasteiger partial charge in [-0.25, -0.2) is 10.0 Å². The normalized spacial score (nSPS) is 32.1. The molecule has 0 N–H and O–H groups in total. The highest BCUT2D eigenvalue weighted by Gasteiger charge is 2.56. The molecule has 3 rings (SSSR count). The molecule has 0 spiro atoms. The highest BCUT2D eigenvalue weighted by atomic mass is 15.7. The van der Waals surface area contributed by atoms with Crippen LogP contribution < -0.4 is 0 Å². The molecule has 3 fully saturated rings. The van der Waals surface area contributed by atoms with E-state index in [1.54, 1.807) is 0 Å². The van der Waals surface area contributed by atoms with E-state index in [2.05, 4.69) is 37.8 Å². The van der Waals surface area contributed by atoms with Crippen LogP contribution in [-0.2, 0) is 0 Å². The molecule has 1 heterocycles. The molecule has 37 heavy (non-hydrogen) atoms. The second kappa shape index (κ2) is 17.6. The standard InChI is InChI=1S/C35H68N2/c1-5-7-29-33-34(31-25-21-17-13-9-10-14-18-22-26-31)36(4)37(35(33,3)30-8-6-2)32-27-23-19-15-11-12-16-20-24-28-32/h31-34H,5-30H2,1-4H3. The maximum atomic E-state index is 3.09. The molecular weight excluding hydrogens is 448 g/mol. The van der Waals surface area contributed by atoms with Crippen LogP contribution in [0.5, 0.6) is 0 Å². The molecule has 0 amide bonds. The molecule has 0 aromatic heterocycles. The Labute approximate surface area is 234 Å². The SMILES string of the molecule is CCCCC1C(C2CCCCCCCCCC2)N(C)N(C2CCCCCCCCCC2)C1(C)CCCC. The molecule has 218 valence electrons. The van der Waals surface area contributed by atoms with Crippen LogP contribution in [0, 0.1) is 11.8 Å². The lowest BCUT2D eigenvalue weighted by atomic mass is 9.70. The second-order valence-corrected chi connectivity index (χ2v) is 13.8. The maximum absolute atomic E-state index is 3.09. The van der Waals surface area contributed by atoms with Crippen molar-refractivity contribution in [2.24, 2.45) is 11.8 Å². The lowest BCUT2D eigenvalue weighted by Crippen LogP contribution is -2.54. The first-order valence-corrected chi connectivity index (χ1v) is 17.7. The Balaban J connectivity index is 1.91. The molecule has 1 saturated heterocycles. The first-order chi connectivity index (χ1) is 18.1. The minimum absolute atomic E-state index is 0.349. The van der Waals surface area contributed by atoms with E-state index in [0.29, 0.717) is 5.54 Å². The summed E-state index contributed by atoms with van der Waals surface area (Å²) < 4.78 is 0. The predicted molar refractivity (Wildman–Crippen MR) is 164 cm³/mol. The highest BCUT2D eigenvalue weighted by Crippen LogP contribution is 2.50. The number of hydrogen-bond acceptors (Lipinski definition) is 2. The first kappa shape index (κ1) is 31.4. The summed E-state index contributed by atoms with van der Waals surface area (Å²) in [4.78, 5) is 0. The van der Waals surface area contributed by atoms with Crippen molar-refractivity contribution in [3.8, 4) is 0 Å². The molecule has 3 unspecified atom stereocenters. The Morgan fingerprint density at radius 3 is 1.49 bits per heavy atom. The predicted octanol–water partition coefficient (Wildman–Crippen LogP) is 11.1. The summed E-state index contributed by atoms with van der Waals surface area (Å²) in [6, 6.07) is 1.54. The molecular formula is C35H68N2. The van der Waals surface area contributed by atoms with Crippen molar-refractivity contribution in [1.29, 1.82) is 0 Å². The summed E-state index contributed by atoms with van der Waals surface area (Å²) >= 11 is 0. The van der Waals surface area contributed by atoms with Gasteiger partial charge in [-0.05, 0) is 57.3 Å². The van der Waals surface area contributed by atoms with Crippen molar-refractivity contribution in [3.05, 3.63) is 0 Å². The summed E-state index contributed by atoms with van der Waals surface area (Å²) in [5.41, 5.74) is 0.349. The molecule has 3 aliphatic rings. The van der Waals surface area contributed by atoms with Gasteiger partial charge >= 0.3 is 0 Å². The quantitative estimate of drug-likeness (QED) is 0.316. The fraction of sp³-hybridized carbons (Fsp3) is 1.00. The van der Waals surface area contributed by atoms with Gasteiger partial charge in [-0.2, -0.15) is 0 Å². The van der Waals surface area contributed by atoms with E-state index in [9.17, 15) is 0 Å². The van der Waals surface area contributed by atoms with Gasteiger partial charge in [0.25, 0.3) is 0 Å². The zero-order chi connectivity index (χ0) is 26.3. The molecule has 0 radical (unpaired) electrons. The minimum atomic E-state index is 0.349. The second-order valence-electron chi connectivity index (χ2n) is 13.8. The molecule has 2 aliphatic carbocycles. The Morgan fingerprint density at radius 2 is 1.03 bits per heavy atom. The maximum Gasteiger partial charge on any atom is 0.0375 e. The van der Waals surface area contributed by atoms with Crippen LogP contribution in [0.1, 0.15) is 188 Å². The number of nitrogens with zero attached hydrogens (tertiary/aromatic N) is 2. The molecule has 2 saturated carbocycles. The molecule has 0 aromatic carbocycles. The van der Waals surface area contributed by atoms with Gasteiger partial charge in [-0.1, -0.05) is 142 Å². The molecule has 0 aromatic rings. The molecule has 2 nitrogen and oxygen atoms in total. The van der Waals surface area contributed by atoms with Crippen LogP contribution in [0.2, 0.25) is 0 Å². The minimum Gasteiger partial charge on any atom is -0.240 e. The number of rotatable bonds is 8. The molecule has 1 aliphatic heterocycles. The summed E-state index contributed by atoms with van der Waals surface area (Å²) in [5.74, 6) is 1.75. The smallest absolute Gasteiger partial charge is 0.0375 e. The summed E-state index contributed by atoms with van der Waals surface area (Å²) in [6.45, 7) is 7.59. The molecule has 3 atom stereocenters. The highest BCUT2D eigenvalue weighted by molar-refractivity contribution is 5.06. The van der Waals surface area contributed by atoms with Crippen LogP contribution in [0.3, 0.4) is 0 Å². The Bertz CT molecular complexity index is 552. The lowest BCUT2D eigenvalue weighted by molar-refractivity contribution is -0.0942. The first-order valence-electron chi connectivity index (χ1n) is 17.7. The van der Waals surface area contributed by atoms with Gasteiger partial charge in [-0.3, -0.25) is 0 Å². The molecule has 0 bridgehead atoms. The van der Waals surface area contributed by atoms with Crippen molar-refractivity contribution in [3.63, 3.8) is 0 Å². The van der Waals surface area contributed by atoms with Crippen molar-refractivity contribution in [2.45, 2.75) is 205 Å². The Hall–Kier alpha value is -0.0800. The van der Waals surface area contributed by atoms with E-state index >= 15 is 0 Å². The average Bonchev–Trinajstić information content (AvgIpc) is 3.06. The third kappa shape index (κ3) is 9.23. The average molecular weight is 517 g/mol. The topological polar surface area (TPSA) is 6.48 Å². The fourth-order valence-corrected chi connectivity index (χ4v) is 8.92. The van der Waals surface area contributed by atoms with Gasteiger partial charge < -0.3 is 0 Å². The van der Waals surface area contributed by atoms with E-state index in [0.717, 1.165) is 23.9 Å². The van der Waals surface area contributed by atoms with Crippen molar-refractivity contribution in [1.82, 2.24) is 10.0 Å². The van der Waals surface area contributed by atoms with E-state index in [-0.39, 0.29) is 0 Å². The molecule has 2 heteroatoms. The summed E-state index contributed by atoms with van der Waals surface area (Å²) in [6.07, 6.45) is 37.8. The van der Waals surface area contributed by atoms with E-state index in [1.165, 1.54) is 167 Å².